The first-order valence-electron chi connectivity index (χ1n) is 5.85. The lowest BCUT2D eigenvalue weighted by molar-refractivity contribution is -0.124. The van der Waals surface area contributed by atoms with Crippen molar-refractivity contribution in [3.8, 4) is 0 Å². The third-order valence-electron chi connectivity index (χ3n) is 2.44. The molecule has 1 aliphatic heterocycles. The van der Waals surface area contributed by atoms with Crippen molar-refractivity contribution in [2.45, 2.75) is 20.8 Å². The summed E-state index contributed by atoms with van der Waals surface area (Å²) < 4.78 is 5.74. The maximum Gasteiger partial charge on any atom is 0.209 e. The van der Waals surface area contributed by atoms with Gasteiger partial charge in [-0.1, -0.05) is 17.7 Å². The number of carbonyl (C=O) groups is 1. The molecule has 17 heavy (non-hydrogen) atoms. The van der Waals surface area contributed by atoms with E-state index in [9.17, 15) is 4.79 Å². The Morgan fingerprint density at radius 3 is 2.47 bits per heavy atom. The van der Waals surface area contributed by atoms with E-state index in [0.29, 0.717) is 12.5 Å². The van der Waals surface area contributed by atoms with E-state index in [1.165, 1.54) is 5.57 Å². The van der Waals surface area contributed by atoms with Gasteiger partial charge in [0.1, 0.15) is 5.76 Å². The number of nitrogens with zero attached hydrogens (tertiary/aromatic N) is 1. The van der Waals surface area contributed by atoms with Crippen molar-refractivity contribution in [1.29, 1.82) is 0 Å². The lowest BCUT2D eigenvalue weighted by Crippen LogP contribution is -2.47. The average Bonchev–Trinajstić information content (AvgIpc) is 2.13. The Balaban J connectivity index is 2.43. The summed E-state index contributed by atoms with van der Waals surface area (Å²) in [7, 11) is 0. The number of rotatable bonds is 6. The summed E-state index contributed by atoms with van der Waals surface area (Å²) in [4.78, 5) is 12.2. The summed E-state index contributed by atoms with van der Waals surface area (Å²) in [5.74, 6) is 1.31. The van der Waals surface area contributed by atoms with Crippen LogP contribution < -0.4 is 0 Å². The summed E-state index contributed by atoms with van der Waals surface area (Å²) in [6.07, 6.45) is 4.82. The lowest BCUT2D eigenvalue weighted by atomic mass is 10.0. The first-order valence-corrected chi connectivity index (χ1v) is 5.85. The van der Waals surface area contributed by atoms with Crippen molar-refractivity contribution in [2.24, 2.45) is 5.92 Å². The van der Waals surface area contributed by atoms with Crippen molar-refractivity contribution >= 4 is 6.41 Å². The van der Waals surface area contributed by atoms with Crippen LogP contribution >= 0.6 is 0 Å². The number of hydrogen-bond acceptors (Lipinski definition) is 2. The number of allylic oxidation sites excluding steroid dienone is 4. The second kappa shape index (κ2) is 6.28. The van der Waals surface area contributed by atoms with E-state index in [4.69, 9.17) is 4.74 Å². The SMILES string of the molecule is C=C(C)/C=C(\C=C(C)C)OCC1CN(C=O)C1. The minimum absolute atomic E-state index is 0.458. The molecule has 1 heterocycles. The van der Waals surface area contributed by atoms with Crippen molar-refractivity contribution < 1.29 is 9.53 Å². The van der Waals surface area contributed by atoms with Crippen LogP contribution in [0.3, 0.4) is 0 Å². The summed E-state index contributed by atoms with van der Waals surface area (Å²) in [6.45, 7) is 12.1. The molecule has 0 radical (unpaired) electrons. The molecule has 0 aromatic heterocycles. The molecular weight excluding hydrogens is 214 g/mol. The Labute approximate surface area is 103 Å². The molecule has 1 fully saturated rings. The monoisotopic (exact) mass is 235 g/mol. The fraction of sp³-hybridized carbons (Fsp3) is 0.500. The maximum atomic E-state index is 10.4. The topological polar surface area (TPSA) is 29.5 Å². The maximum absolute atomic E-state index is 10.4. The van der Waals surface area contributed by atoms with Gasteiger partial charge in [0.05, 0.1) is 6.61 Å². The van der Waals surface area contributed by atoms with Gasteiger partial charge in [0.2, 0.25) is 6.41 Å². The quantitative estimate of drug-likeness (QED) is 0.402. The van der Waals surface area contributed by atoms with Gasteiger partial charge in [-0.3, -0.25) is 4.79 Å². The molecule has 0 unspecified atom stereocenters. The van der Waals surface area contributed by atoms with Crippen LogP contribution in [0.2, 0.25) is 0 Å². The van der Waals surface area contributed by atoms with Crippen LogP contribution in [-0.4, -0.2) is 31.0 Å². The predicted molar refractivity (Wildman–Crippen MR) is 69.4 cm³/mol. The van der Waals surface area contributed by atoms with Crippen LogP contribution in [0.5, 0.6) is 0 Å². The molecule has 0 atom stereocenters. The van der Waals surface area contributed by atoms with Gasteiger partial charge in [-0.05, 0) is 32.9 Å². The summed E-state index contributed by atoms with van der Waals surface area (Å²) >= 11 is 0. The molecule has 1 rings (SSSR count). The Morgan fingerprint density at radius 1 is 1.35 bits per heavy atom. The Morgan fingerprint density at radius 2 is 2.00 bits per heavy atom. The van der Waals surface area contributed by atoms with Crippen LogP contribution in [0.15, 0.2) is 35.6 Å². The minimum Gasteiger partial charge on any atom is -0.493 e. The normalized spacial score (nSPS) is 16.2. The van der Waals surface area contributed by atoms with Gasteiger partial charge in [0.25, 0.3) is 0 Å². The van der Waals surface area contributed by atoms with E-state index in [1.54, 1.807) is 4.90 Å². The molecule has 0 aromatic carbocycles. The second-order valence-corrected chi connectivity index (χ2v) is 4.85. The third-order valence-corrected chi connectivity index (χ3v) is 2.44. The van der Waals surface area contributed by atoms with Gasteiger partial charge in [0.15, 0.2) is 0 Å². The molecule has 0 aromatic rings. The van der Waals surface area contributed by atoms with E-state index in [1.807, 2.05) is 32.9 Å². The van der Waals surface area contributed by atoms with E-state index in [2.05, 4.69) is 6.58 Å². The Kier molecular flexibility index (Phi) is 5.01. The van der Waals surface area contributed by atoms with Crippen molar-refractivity contribution in [3.05, 3.63) is 35.6 Å². The molecule has 1 amide bonds. The molecular formula is C14H21NO2. The number of likely N-dealkylation sites (tertiary alicyclic amines) is 1. The molecule has 1 saturated heterocycles. The van der Waals surface area contributed by atoms with Gasteiger partial charge >= 0.3 is 0 Å². The van der Waals surface area contributed by atoms with Crippen molar-refractivity contribution in [1.82, 2.24) is 4.90 Å². The highest BCUT2D eigenvalue weighted by molar-refractivity contribution is 5.48. The number of ether oxygens (including phenoxy) is 1. The molecule has 3 nitrogen and oxygen atoms in total. The highest BCUT2D eigenvalue weighted by atomic mass is 16.5. The third kappa shape index (κ3) is 4.89. The molecule has 0 N–H and O–H groups in total. The van der Waals surface area contributed by atoms with Crippen LogP contribution in [0.1, 0.15) is 20.8 Å². The van der Waals surface area contributed by atoms with Crippen LogP contribution in [0.25, 0.3) is 0 Å². The van der Waals surface area contributed by atoms with Gasteiger partial charge in [-0.25, -0.2) is 0 Å². The molecule has 0 saturated carbocycles. The van der Waals surface area contributed by atoms with Crippen molar-refractivity contribution in [2.75, 3.05) is 19.7 Å². The molecule has 94 valence electrons. The zero-order chi connectivity index (χ0) is 12.8. The summed E-state index contributed by atoms with van der Waals surface area (Å²) in [5.41, 5.74) is 2.17. The molecule has 3 heteroatoms. The Hall–Kier alpha value is -1.51. The highest BCUT2D eigenvalue weighted by Crippen LogP contribution is 2.16. The molecule has 0 aliphatic carbocycles. The van der Waals surface area contributed by atoms with Crippen LogP contribution in [0.4, 0.5) is 0 Å². The van der Waals surface area contributed by atoms with Gasteiger partial charge < -0.3 is 9.64 Å². The molecule has 1 aliphatic rings. The second-order valence-electron chi connectivity index (χ2n) is 4.85. The first-order chi connectivity index (χ1) is 8.01. The standard InChI is InChI=1S/C14H21NO2/c1-11(2)5-14(6-12(3)4)17-9-13-7-15(8-13)10-16/h5-6,10,13H,1,7-9H2,2-4H3/b14-5+. The summed E-state index contributed by atoms with van der Waals surface area (Å²) in [6, 6.07) is 0. The van der Waals surface area contributed by atoms with E-state index in [0.717, 1.165) is 30.8 Å². The van der Waals surface area contributed by atoms with Crippen molar-refractivity contribution in [3.63, 3.8) is 0 Å². The predicted octanol–water partition coefficient (Wildman–Crippen LogP) is 2.52. The lowest BCUT2D eigenvalue weighted by Gasteiger charge is -2.36. The fourth-order valence-corrected chi connectivity index (χ4v) is 1.67. The van der Waals surface area contributed by atoms with E-state index in [-0.39, 0.29) is 0 Å². The van der Waals surface area contributed by atoms with Crippen LogP contribution in [-0.2, 0) is 9.53 Å². The van der Waals surface area contributed by atoms with Gasteiger partial charge in [-0.2, -0.15) is 0 Å². The molecule has 0 spiro atoms. The van der Waals surface area contributed by atoms with Gasteiger partial charge in [-0.15, -0.1) is 0 Å². The zero-order valence-corrected chi connectivity index (χ0v) is 10.9. The van der Waals surface area contributed by atoms with E-state index >= 15 is 0 Å². The first kappa shape index (κ1) is 13.6. The number of carbonyl (C=O) groups excluding carboxylic acids is 1. The van der Waals surface area contributed by atoms with Crippen LogP contribution in [0, 0.1) is 5.92 Å². The van der Waals surface area contributed by atoms with Gasteiger partial charge in [0, 0.05) is 19.0 Å². The largest absolute Gasteiger partial charge is 0.493 e. The minimum atomic E-state index is 0.458. The molecule has 0 bridgehead atoms. The highest BCUT2D eigenvalue weighted by Gasteiger charge is 2.25. The fourth-order valence-electron chi connectivity index (χ4n) is 1.67. The Bertz CT molecular complexity index is 345. The average molecular weight is 235 g/mol. The number of hydrogen-bond donors (Lipinski definition) is 0. The summed E-state index contributed by atoms with van der Waals surface area (Å²) in [5, 5.41) is 0. The van der Waals surface area contributed by atoms with E-state index < -0.39 is 0 Å². The smallest absolute Gasteiger partial charge is 0.209 e. The zero-order valence-electron chi connectivity index (χ0n) is 10.9. The number of amides is 1.